The van der Waals surface area contributed by atoms with Gasteiger partial charge in [0.25, 0.3) is 0 Å². The Labute approximate surface area is 122 Å². The fraction of sp³-hybridized carbons (Fsp3) is 0.824. The highest BCUT2D eigenvalue weighted by molar-refractivity contribution is 5.34. The van der Waals surface area contributed by atoms with Gasteiger partial charge < -0.3 is 0 Å². The van der Waals surface area contributed by atoms with Crippen molar-refractivity contribution >= 4 is 0 Å². The van der Waals surface area contributed by atoms with Crippen molar-refractivity contribution in [3.05, 3.63) is 11.1 Å². The minimum absolute atomic E-state index is 0.0827. The molecule has 3 rings (SSSR count). The summed E-state index contributed by atoms with van der Waals surface area (Å²) in [5.74, 6) is 0.525. The fourth-order valence-corrected chi connectivity index (χ4v) is 4.48. The van der Waals surface area contributed by atoms with Gasteiger partial charge in [-0.2, -0.15) is 10.3 Å². The molecule has 1 saturated heterocycles. The van der Waals surface area contributed by atoms with Crippen LogP contribution in [-0.4, -0.2) is 23.3 Å². The average Bonchev–Trinajstić information content (AvgIpc) is 2.75. The monoisotopic (exact) mass is 274 g/mol. The van der Waals surface area contributed by atoms with Gasteiger partial charge in [0.1, 0.15) is 12.1 Å². The van der Waals surface area contributed by atoms with Crippen molar-refractivity contribution in [3.63, 3.8) is 0 Å². The molecular weight excluding hydrogens is 248 g/mol. The topological polar surface area (TPSA) is 36.3 Å². The maximum Gasteiger partial charge on any atom is 0.122 e. The number of fused-ring (bicyclic) bond motifs is 2. The Balaban J connectivity index is 1.90. The summed E-state index contributed by atoms with van der Waals surface area (Å²) in [6, 6.07) is 2.61. The summed E-state index contributed by atoms with van der Waals surface area (Å²) < 4.78 is 0. The first kappa shape index (κ1) is 14.1. The van der Waals surface area contributed by atoms with E-state index in [1.807, 2.05) is 5.06 Å². The lowest BCUT2D eigenvalue weighted by atomic mass is 9.72. The van der Waals surface area contributed by atoms with Crippen LogP contribution >= 0.6 is 0 Å². The summed E-state index contributed by atoms with van der Waals surface area (Å²) in [5, 5.41) is 11.4. The van der Waals surface area contributed by atoms with Crippen molar-refractivity contribution in [1.82, 2.24) is 5.06 Å². The minimum atomic E-state index is -0.0827. The number of hydrogen-bond donors (Lipinski definition) is 0. The van der Waals surface area contributed by atoms with Gasteiger partial charge in [-0.3, -0.25) is 4.84 Å². The normalized spacial score (nSPS) is 36.7. The molecule has 0 radical (unpaired) electrons. The molecule has 0 aromatic heterocycles. The average molecular weight is 274 g/mol. The highest BCUT2D eigenvalue weighted by atomic mass is 16.7. The van der Waals surface area contributed by atoms with E-state index < -0.39 is 0 Å². The molecule has 3 atom stereocenters. The van der Waals surface area contributed by atoms with Crippen LogP contribution in [0.1, 0.15) is 59.8 Å². The van der Waals surface area contributed by atoms with Gasteiger partial charge in [0.2, 0.25) is 0 Å². The number of allylic oxidation sites excluding steroid dienone is 1. The van der Waals surface area contributed by atoms with Gasteiger partial charge in [0.05, 0.1) is 6.07 Å². The Kier molecular flexibility index (Phi) is 3.43. The zero-order chi connectivity index (χ0) is 14.5. The van der Waals surface area contributed by atoms with Crippen LogP contribution in [0.3, 0.4) is 0 Å². The fourth-order valence-electron chi connectivity index (χ4n) is 4.48. The quantitative estimate of drug-likeness (QED) is 0.682. The van der Waals surface area contributed by atoms with Gasteiger partial charge in [-0.05, 0) is 62.9 Å². The standard InChI is InChI=1S/C17H26N2O/c1-11(2)19-14(10-18)9-13-8-12-6-5-7-17(3,4)15(12)16(13)20-19/h11,13-14,16H,5-9H2,1-4H3. The lowest BCUT2D eigenvalue weighted by molar-refractivity contribution is -0.259. The SMILES string of the molecule is CC(C)N1OC2C3=C(CCCC3(C)C)CC2CC1C#N. The Morgan fingerprint density at radius 2 is 2.15 bits per heavy atom. The van der Waals surface area contributed by atoms with E-state index in [9.17, 15) is 5.26 Å². The minimum Gasteiger partial charge on any atom is -0.289 e. The molecule has 3 nitrogen and oxygen atoms in total. The third-order valence-corrected chi connectivity index (χ3v) is 5.34. The molecule has 0 aromatic rings. The summed E-state index contributed by atoms with van der Waals surface area (Å²) in [4.78, 5) is 6.33. The van der Waals surface area contributed by atoms with E-state index in [-0.39, 0.29) is 23.6 Å². The predicted molar refractivity (Wildman–Crippen MR) is 78.6 cm³/mol. The van der Waals surface area contributed by atoms with Crippen molar-refractivity contribution in [2.24, 2.45) is 11.3 Å². The Bertz CT molecular complexity index is 472. The number of nitriles is 1. The molecule has 20 heavy (non-hydrogen) atoms. The van der Waals surface area contributed by atoms with Crippen LogP contribution < -0.4 is 0 Å². The van der Waals surface area contributed by atoms with Gasteiger partial charge >= 0.3 is 0 Å². The number of hydroxylamine groups is 2. The molecule has 3 unspecified atom stereocenters. The van der Waals surface area contributed by atoms with E-state index in [2.05, 4.69) is 33.8 Å². The molecule has 0 spiro atoms. The van der Waals surface area contributed by atoms with Gasteiger partial charge in [0.15, 0.2) is 0 Å². The molecule has 0 saturated carbocycles. The van der Waals surface area contributed by atoms with E-state index in [0.717, 1.165) is 12.8 Å². The van der Waals surface area contributed by atoms with Crippen molar-refractivity contribution in [2.75, 3.05) is 0 Å². The van der Waals surface area contributed by atoms with Crippen molar-refractivity contribution < 1.29 is 4.84 Å². The van der Waals surface area contributed by atoms with Crippen LogP contribution in [0.2, 0.25) is 0 Å². The second kappa shape index (κ2) is 4.86. The second-order valence-electron chi connectivity index (χ2n) is 7.58. The van der Waals surface area contributed by atoms with Crippen LogP contribution in [0.25, 0.3) is 0 Å². The molecule has 1 heterocycles. The van der Waals surface area contributed by atoms with E-state index >= 15 is 0 Å². The van der Waals surface area contributed by atoms with E-state index in [1.54, 1.807) is 11.1 Å². The molecule has 0 amide bonds. The third kappa shape index (κ3) is 2.10. The Hall–Kier alpha value is -0.850. The predicted octanol–water partition coefficient (Wildman–Crippen LogP) is 3.82. The molecule has 0 aromatic carbocycles. The van der Waals surface area contributed by atoms with E-state index in [1.165, 1.54) is 19.3 Å². The molecule has 1 aliphatic heterocycles. The highest BCUT2D eigenvalue weighted by Crippen LogP contribution is 2.53. The molecule has 0 N–H and O–H groups in total. The Morgan fingerprint density at radius 3 is 2.80 bits per heavy atom. The molecule has 3 aliphatic rings. The maximum absolute atomic E-state index is 9.41. The van der Waals surface area contributed by atoms with Gasteiger partial charge in [-0.25, -0.2) is 0 Å². The summed E-state index contributed by atoms with van der Waals surface area (Å²) in [7, 11) is 0. The van der Waals surface area contributed by atoms with Crippen molar-refractivity contribution in [2.45, 2.75) is 78.0 Å². The first-order chi connectivity index (χ1) is 9.44. The van der Waals surface area contributed by atoms with Gasteiger partial charge in [-0.15, -0.1) is 0 Å². The molecule has 1 fully saturated rings. The molecular formula is C17H26N2O. The smallest absolute Gasteiger partial charge is 0.122 e. The first-order valence-electron chi connectivity index (χ1n) is 8.01. The zero-order valence-corrected chi connectivity index (χ0v) is 13.1. The van der Waals surface area contributed by atoms with E-state index in [4.69, 9.17) is 4.84 Å². The second-order valence-corrected chi connectivity index (χ2v) is 7.58. The van der Waals surface area contributed by atoms with Crippen molar-refractivity contribution in [1.29, 1.82) is 5.26 Å². The molecule has 110 valence electrons. The summed E-state index contributed by atoms with van der Waals surface area (Å²) in [6.45, 7) is 8.95. The molecule has 3 heteroatoms. The summed E-state index contributed by atoms with van der Waals surface area (Å²) in [5.41, 5.74) is 3.48. The van der Waals surface area contributed by atoms with Crippen LogP contribution in [0.4, 0.5) is 0 Å². The number of hydrogen-bond acceptors (Lipinski definition) is 3. The summed E-state index contributed by atoms with van der Waals surface area (Å²) >= 11 is 0. The summed E-state index contributed by atoms with van der Waals surface area (Å²) in [6.07, 6.45) is 6.17. The van der Waals surface area contributed by atoms with Gasteiger partial charge in [0, 0.05) is 6.04 Å². The van der Waals surface area contributed by atoms with Crippen LogP contribution in [0, 0.1) is 22.7 Å². The van der Waals surface area contributed by atoms with E-state index in [0.29, 0.717) is 5.92 Å². The molecule has 2 aliphatic carbocycles. The van der Waals surface area contributed by atoms with Crippen LogP contribution in [-0.2, 0) is 4.84 Å². The third-order valence-electron chi connectivity index (χ3n) is 5.34. The van der Waals surface area contributed by atoms with Crippen LogP contribution in [0.5, 0.6) is 0 Å². The largest absolute Gasteiger partial charge is 0.289 e. The number of rotatable bonds is 1. The lowest BCUT2D eigenvalue weighted by Crippen LogP contribution is -2.50. The maximum atomic E-state index is 9.41. The first-order valence-corrected chi connectivity index (χ1v) is 8.01. The lowest BCUT2D eigenvalue weighted by Gasteiger charge is -2.44. The van der Waals surface area contributed by atoms with Crippen LogP contribution in [0.15, 0.2) is 11.1 Å². The highest BCUT2D eigenvalue weighted by Gasteiger charge is 2.49. The molecule has 0 bridgehead atoms. The zero-order valence-electron chi connectivity index (χ0n) is 13.1. The number of nitrogens with zero attached hydrogens (tertiary/aromatic N) is 2. The van der Waals surface area contributed by atoms with Crippen molar-refractivity contribution in [3.8, 4) is 6.07 Å². The van der Waals surface area contributed by atoms with Gasteiger partial charge in [-0.1, -0.05) is 19.4 Å². The Morgan fingerprint density at radius 1 is 1.40 bits per heavy atom.